The SMILES string of the molecule is O=C(OCc1ccccc1)N1CC(=O)N2CC3(CCN(c4ccncc4)CC3)NC2C1. The Kier molecular flexibility index (Phi) is 5.23. The Bertz CT molecular complexity index is 931. The van der Waals surface area contributed by atoms with Crippen molar-refractivity contribution in [3.8, 4) is 0 Å². The summed E-state index contributed by atoms with van der Waals surface area (Å²) in [6, 6.07) is 13.6. The number of fused-ring (bicyclic) bond motifs is 1. The standard InChI is InChI=1S/C23H27N5O3/c29-21-15-27(22(30)31-16-18-4-2-1-3-5-18)14-20-25-23(17-28(20)21)8-12-26(13-9-23)19-6-10-24-11-7-19/h1-7,10-11,20,25H,8-9,12-17H2. The summed E-state index contributed by atoms with van der Waals surface area (Å²) in [6.07, 6.45) is 4.95. The van der Waals surface area contributed by atoms with E-state index in [4.69, 9.17) is 4.74 Å². The Labute approximate surface area is 181 Å². The van der Waals surface area contributed by atoms with Crippen molar-refractivity contribution < 1.29 is 14.3 Å². The Balaban J connectivity index is 1.18. The molecule has 1 N–H and O–H groups in total. The van der Waals surface area contributed by atoms with Crippen molar-refractivity contribution in [2.24, 2.45) is 0 Å². The summed E-state index contributed by atoms with van der Waals surface area (Å²) in [7, 11) is 0. The molecule has 3 aliphatic rings. The molecule has 8 nitrogen and oxygen atoms in total. The van der Waals surface area contributed by atoms with Crippen LogP contribution in [-0.2, 0) is 16.1 Å². The molecule has 3 fully saturated rings. The summed E-state index contributed by atoms with van der Waals surface area (Å²) in [5.41, 5.74) is 2.03. The van der Waals surface area contributed by atoms with E-state index in [1.54, 1.807) is 0 Å². The first-order valence-electron chi connectivity index (χ1n) is 10.8. The maximum absolute atomic E-state index is 12.8. The molecule has 1 spiro atoms. The lowest BCUT2D eigenvalue weighted by Crippen LogP contribution is -2.59. The molecular weight excluding hydrogens is 394 g/mol. The second kappa shape index (κ2) is 8.19. The number of benzene rings is 1. The van der Waals surface area contributed by atoms with E-state index >= 15 is 0 Å². The van der Waals surface area contributed by atoms with Crippen molar-refractivity contribution in [3.05, 3.63) is 60.4 Å². The van der Waals surface area contributed by atoms with Crippen LogP contribution < -0.4 is 10.2 Å². The van der Waals surface area contributed by atoms with E-state index < -0.39 is 6.09 Å². The Morgan fingerprint density at radius 3 is 2.61 bits per heavy atom. The summed E-state index contributed by atoms with van der Waals surface area (Å²) < 4.78 is 5.44. The molecule has 0 radical (unpaired) electrons. The third-order valence-electron chi connectivity index (χ3n) is 6.57. The van der Waals surface area contributed by atoms with Gasteiger partial charge in [0, 0.05) is 43.3 Å². The van der Waals surface area contributed by atoms with Crippen LogP contribution in [0.2, 0.25) is 0 Å². The molecule has 0 bridgehead atoms. The second-order valence-electron chi connectivity index (χ2n) is 8.58. The number of anilines is 1. The van der Waals surface area contributed by atoms with Gasteiger partial charge >= 0.3 is 6.09 Å². The first-order valence-corrected chi connectivity index (χ1v) is 10.8. The Morgan fingerprint density at radius 1 is 1.13 bits per heavy atom. The van der Waals surface area contributed by atoms with Crippen LogP contribution in [0.5, 0.6) is 0 Å². The van der Waals surface area contributed by atoms with Gasteiger partial charge in [-0.3, -0.25) is 20.0 Å². The molecule has 31 heavy (non-hydrogen) atoms. The van der Waals surface area contributed by atoms with Gasteiger partial charge in [-0.2, -0.15) is 0 Å². The van der Waals surface area contributed by atoms with Gasteiger partial charge in [0.05, 0.1) is 6.54 Å². The van der Waals surface area contributed by atoms with Crippen molar-refractivity contribution in [1.29, 1.82) is 0 Å². The Morgan fingerprint density at radius 2 is 1.87 bits per heavy atom. The molecule has 1 aromatic carbocycles. The van der Waals surface area contributed by atoms with E-state index in [9.17, 15) is 9.59 Å². The fourth-order valence-electron chi connectivity index (χ4n) is 4.85. The number of rotatable bonds is 3. The molecule has 4 heterocycles. The summed E-state index contributed by atoms with van der Waals surface area (Å²) in [4.78, 5) is 35.2. The molecule has 1 aromatic heterocycles. The van der Waals surface area contributed by atoms with E-state index in [0.717, 1.165) is 31.5 Å². The maximum atomic E-state index is 12.8. The topological polar surface area (TPSA) is 78.0 Å². The van der Waals surface area contributed by atoms with Gasteiger partial charge in [-0.25, -0.2) is 4.79 Å². The molecular formula is C23H27N5O3. The lowest BCUT2D eigenvalue weighted by Gasteiger charge is -2.40. The predicted molar refractivity (Wildman–Crippen MR) is 115 cm³/mol. The van der Waals surface area contributed by atoms with Crippen LogP contribution in [0.25, 0.3) is 0 Å². The smallest absolute Gasteiger partial charge is 0.410 e. The molecule has 3 aliphatic heterocycles. The number of piperidine rings is 1. The molecule has 8 heteroatoms. The van der Waals surface area contributed by atoms with E-state index in [-0.39, 0.29) is 30.8 Å². The van der Waals surface area contributed by atoms with Gasteiger partial charge in [-0.05, 0) is 30.5 Å². The number of hydrogen-bond donors (Lipinski definition) is 1. The number of ether oxygens (including phenoxy) is 1. The number of amides is 2. The Hall–Kier alpha value is -3.13. The number of nitrogens with zero attached hydrogens (tertiary/aromatic N) is 4. The van der Waals surface area contributed by atoms with E-state index in [0.29, 0.717) is 13.1 Å². The van der Waals surface area contributed by atoms with Gasteiger partial charge < -0.3 is 14.5 Å². The van der Waals surface area contributed by atoms with Crippen molar-refractivity contribution >= 4 is 17.7 Å². The third kappa shape index (κ3) is 4.07. The minimum atomic E-state index is -0.438. The number of hydrogen-bond acceptors (Lipinski definition) is 6. The summed E-state index contributed by atoms with van der Waals surface area (Å²) in [6.45, 7) is 3.29. The molecule has 2 aromatic rings. The first-order chi connectivity index (χ1) is 15.1. The molecule has 3 saturated heterocycles. The fourth-order valence-corrected chi connectivity index (χ4v) is 4.85. The van der Waals surface area contributed by atoms with E-state index in [2.05, 4.69) is 15.2 Å². The lowest BCUT2D eigenvalue weighted by atomic mass is 9.88. The number of carbonyl (C=O) groups is 2. The lowest BCUT2D eigenvalue weighted by molar-refractivity contribution is -0.137. The normalized spacial score (nSPS) is 22.5. The predicted octanol–water partition coefficient (Wildman–Crippen LogP) is 1.83. The monoisotopic (exact) mass is 421 g/mol. The molecule has 162 valence electrons. The minimum absolute atomic E-state index is 0.0196. The van der Waals surface area contributed by atoms with Crippen molar-refractivity contribution in [1.82, 2.24) is 20.1 Å². The van der Waals surface area contributed by atoms with Gasteiger partial charge in [0.2, 0.25) is 5.91 Å². The zero-order chi connectivity index (χ0) is 21.3. The average molecular weight is 422 g/mol. The minimum Gasteiger partial charge on any atom is -0.445 e. The summed E-state index contributed by atoms with van der Waals surface area (Å²) in [5, 5.41) is 3.69. The third-order valence-corrected chi connectivity index (χ3v) is 6.57. The van der Waals surface area contributed by atoms with E-state index in [1.807, 2.05) is 59.8 Å². The quantitative estimate of drug-likeness (QED) is 0.815. The molecule has 0 aliphatic carbocycles. The molecule has 1 unspecified atom stereocenters. The number of nitrogens with one attached hydrogen (secondary N) is 1. The van der Waals surface area contributed by atoms with Crippen LogP contribution in [0.15, 0.2) is 54.9 Å². The maximum Gasteiger partial charge on any atom is 0.410 e. The first kappa shape index (κ1) is 19.8. The number of pyridine rings is 1. The number of aromatic nitrogens is 1. The zero-order valence-corrected chi connectivity index (χ0v) is 17.4. The molecule has 1 atom stereocenters. The molecule has 5 rings (SSSR count). The summed E-state index contributed by atoms with van der Waals surface area (Å²) in [5.74, 6) is -0.0196. The zero-order valence-electron chi connectivity index (χ0n) is 17.4. The molecule has 0 saturated carbocycles. The fraction of sp³-hybridized carbons (Fsp3) is 0.435. The number of carbonyl (C=O) groups excluding carboxylic acids is 2. The van der Waals surface area contributed by atoms with Crippen LogP contribution in [0.4, 0.5) is 10.5 Å². The molecule has 2 amide bonds. The average Bonchev–Trinajstić information content (AvgIpc) is 3.17. The second-order valence-corrected chi connectivity index (χ2v) is 8.58. The van der Waals surface area contributed by atoms with Crippen LogP contribution in [0.3, 0.4) is 0 Å². The highest BCUT2D eigenvalue weighted by atomic mass is 16.6. The van der Waals surface area contributed by atoms with Crippen LogP contribution in [0.1, 0.15) is 18.4 Å². The van der Waals surface area contributed by atoms with Crippen LogP contribution >= 0.6 is 0 Å². The summed E-state index contributed by atoms with van der Waals surface area (Å²) >= 11 is 0. The highest BCUT2D eigenvalue weighted by molar-refractivity contribution is 5.84. The van der Waals surface area contributed by atoms with Gasteiger partial charge in [0.25, 0.3) is 0 Å². The van der Waals surface area contributed by atoms with Gasteiger partial charge in [0.1, 0.15) is 19.3 Å². The van der Waals surface area contributed by atoms with Gasteiger partial charge in [-0.15, -0.1) is 0 Å². The highest BCUT2D eigenvalue weighted by Gasteiger charge is 2.49. The van der Waals surface area contributed by atoms with Crippen LogP contribution in [-0.4, -0.2) is 71.2 Å². The van der Waals surface area contributed by atoms with Crippen molar-refractivity contribution in [2.45, 2.75) is 31.2 Å². The number of piperazine rings is 1. The van der Waals surface area contributed by atoms with Gasteiger partial charge in [-0.1, -0.05) is 30.3 Å². The van der Waals surface area contributed by atoms with Crippen molar-refractivity contribution in [3.63, 3.8) is 0 Å². The van der Waals surface area contributed by atoms with Gasteiger partial charge in [0.15, 0.2) is 0 Å². The van der Waals surface area contributed by atoms with Crippen molar-refractivity contribution in [2.75, 3.05) is 37.6 Å². The highest BCUT2D eigenvalue weighted by Crippen LogP contribution is 2.33. The van der Waals surface area contributed by atoms with E-state index in [1.165, 1.54) is 10.6 Å². The van der Waals surface area contributed by atoms with Crippen LogP contribution in [0, 0.1) is 0 Å². The largest absolute Gasteiger partial charge is 0.445 e.